The number of phosphoric ester groups is 1. The van der Waals surface area contributed by atoms with Crippen molar-refractivity contribution in [2.75, 3.05) is 12.3 Å². The van der Waals surface area contributed by atoms with Gasteiger partial charge in [-0.25, -0.2) is 9.55 Å². The number of fused-ring (bicyclic) bond motifs is 2. The van der Waals surface area contributed by atoms with E-state index in [1.165, 1.54) is 16.3 Å². The summed E-state index contributed by atoms with van der Waals surface area (Å²) in [5.41, 5.74) is 5.23. The smallest absolute Gasteiger partial charge is 0.394 e. The summed E-state index contributed by atoms with van der Waals surface area (Å²) >= 11 is 7.13. The number of aliphatic hydroxyl groups is 1. The zero-order valence-electron chi connectivity index (χ0n) is 15.4. The van der Waals surface area contributed by atoms with Gasteiger partial charge in [0.1, 0.15) is 18.3 Å². The summed E-state index contributed by atoms with van der Waals surface area (Å²) in [6, 6.07) is 6.91. The van der Waals surface area contributed by atoms with E-state index >= 15 is 0 Å². The number of aromatic nitrogens is 4. The number of aliphatic hydroxyl groups excluding tert-OH is 1. The number of benzene rings is 1. The van der Waals surface area contributed by atoms with E-state index in [-0.39, 0.29) is 22.3 Å². The quantitative estimate of drug-likeness (QED) is 0.390. The Morgan fingerprint density at radius 3 is 2.68 bits per heavy atom. The lowest BCUT2D eigenvalue weighted by atomic mass is 10.1. The molecule has 0 aliphatic carbocycles. The predicted octanol–water partition coefficient (Wildman–Crippen LogP) is 1.28. The third kappa shape index (κ3) is 3.66. The van der Waals surface area contributed by atoms with Gasteiger partial charge in [0.2, 0.25) is 5.95 Å². The van der Waals surface area contributed by atoms with Crippen LogP contribution >= 0.6 is 31.2 Å². The third-order valence-electron chi connectivity index (χ3n) is 4.79. The van der Waals surface area contributed by atoms with Gasteiger partial charge in [0, 0.05) is 9.92 Å². The van der Waals surface area contributed by atoms with Gasteiger partial charge >= 0.3 is 7.82 Å². The molecular weight excluding hydrogens is 473 g/mol. The number of anilines is 1. The molecule has 0 spiro atoms. The van der Waals surface area contributed by atoms with Gasteiger partial charge in [-0.3, -0.25) is 23.4 Å². The van der Waals surface area contributed by atoms with Gasteiger partial charge in [-0.2, -0.15) is 4.98 Å². The molecule has 5 rings (SSSR count). The molecule has 15 heteroatoms. The van der Waals surface area contributed by atoms with E-state index in [4.69, 9.17) is 31.1 Å². The number of ether oxygens (including phenoxy) is 1. The number of hydrogen-bond donors (Lipinski definition) is 4. The number of H-pyrrole nitrogens is 1. The second-order valence-corrected chi connectivity index (χ2v) is 9.64. The average Bonchev–Trinajstić information content (AvgIpc) is 3.32. The van der Waals surface area contributed by atoms with Gasteiger partial charge in [-0.15, -0.1) is 0 Å². The van der Waals surface area contributed by atoms with Crippen LogP contribution < -0.4 is 11.3 Å². The van der Waals surface area contributed by atoms with Gasteiger partial charge in [0.15, 0.2) is 22.5 Å². The summed E-state index contributed by atoms with van der Waals surface area (Å²) in [5, 5.41) is 10.5. The largest absolute Gasteiger partial charge is 0.473 e. The Kier molecular flexibility index (Phi) is 5.11. The fourth-order valence-electron chi connectivity index (χ4n) is 3.53. The van der Waals surface area contributed by atoms with Crippen molar-refractivity contribution in [2.24, 2.45) is 0 Å². The minimum absolute atomic E-state index is 0.00985. The summed E-state index contributed by atoms with van der Waals surface area (Å²) in [7, 11) is -4.34. The van der Waals surface area contributed by atoms with E-state index in [0.29, 0.717) is 5.02 Å². The molecule has 0 bridgehead atoms. The van der Waals surface area contributed by atoms with E-state index in [1.54, 1.807) is 24.3 Å². The zero-order valence-corrected chi connectivity index (χ0v) is 17.9. The van der Waals surface area contributed by atoms with Crippen molar-refractivity contribution < 1.29 is 28.3 Å². The third-order valence-corrected chi connectivity index (χ3v) is 7.04. The Labute approximate surface area is 182 Å². The van der Waals surface area contributed by atoms with Crippen LogP contribution in [0.15, 0.2) is 39.1 Å². The zero-order chi connectivity index (χ0) is 21.9. The first-order valence-electron chi connectivity index (χ1n) is 8.93. The average molecular weight is 488 g/mol. The van der Waals surface area contributed by atoms with Gasteiger partial charge < -0.3 is 20.5 Å². The number of rotatable bonds is 4. The van der Waals surface area contributed by atoms with Gasteiger partial charge in [0.25, 0.3) is 5.56 Å². The van der Waals surface area contributed by atoms with Crippen molar-refractivity contribution >= 4 is 48.3 Å². The van der Waals surface area contributed by atoms with Gasteiger partial charge in [-0.05, 0) is 24.3 Å². The molecular formula is C16H15ClN5O7PS. The first-order valence-corrected chi connectivity index (χ1v) is 11.6. The first kappa shape index (κ1) is 20.9. The molecule has 1 aromatic carbocycles. The highest BCUT2D eigenvalue weighted by Gasteiger charge is 2.58. The van der Waals surface area contributed by atoms with Crippen LogP contribution in [0.5, 0.6) is 0 Å². The number of imidazole rings is 1. The van der Waals surface area contributed by atoms with Crippen LogP contribution in [0.25, 0.3) is 11.2 Å². The Morgan fingerprint density at radius 1 is 1.26 bits per heavy atom. The molecule has 2 fully saturated rings. The monoisotopic (exact) mass is 487 g/mol. The standard InChI is InChI=1S/C16H15ClN5O7PS/c17-6-1-3-7(4-2-6)31-16-19-9-12(20-15(18)21-13(9)24)22(16)14-11-10(8(5-23)27-14)28-30(25,26)29-11/h1-4,8,10-11,14,23H,5H2,(H,25,26)(H3,18,20,21,24)/t8-,10-,11-,14-/m1/s1. The maximum absolute atomic E-state index is 12.4. The van der Waals surface area contributed by atoms with E-state index in [2.05, 4.69) is 15.0 Å². The second kappa shape index (κ2) is 7.57. The molecule has 0 radical (unpaired) electrons. The number of nitrogens with one attached hydrogen (secondary N) is 1. The SMILES string of the molecule is Nc1nc2c(nc(Sc3ccc(Cl)cc3)n2[C@@H]2O[C@H](CO)[C@H]3OP(=O)(O)O[C@H]32)c(=O)[nH]1. The van der Waals surface area contributed by atoms with Crippen LogP contribution in [-0.4, -0.2) is 54.4 Å². The van der Waals surface area contributed by atoms with Crippen molar-refractivity contribution in [3.63, 3.8) is 0 Å². The molecule has 12 nitrogen and oxygen atoms in total. The van der Waals surface area contributed by atoms with Crippen LogP contribution in [0.3, 0.4) is 0 Å². The highest BCUT2D eigenvalue weighted by Crippen LogP contribution is 2.59. The fraction of sp³-hybridized carbons (Fsp3) is 0.312. The maximum atomic E-state index is 12.4. The molecule has 0 saturated carbocycles. The Hall–Kier alpha value is -1.96. The lowest BCUT2D eigenvalue weighted by Crippen LogP contribution is -2.30. The highest BCUT2D eigenvalue weighted by atomic mass is 35.5. The number of nitrogens with two attached hydrogens (primary N) is 1. The van der Waals surface area contributed by atoms with Crippen molar-refractivity contribution in [1.82, 2.24) is 19.5 Å². The maximum Gasteiger partial charge on any atom is 0.473 e. The van der Waals surface area contributed by atoms with Crippen molar-refractivity contribution in [3.8, 4) is 0 Å². The van der Waals surface area contributed by atoms with Crippen molar-refractivity contribution in [3.05, 3.63) is 39.6 Å². The van der Waals surface area contributed by atoms with Gasteiger partial charge in [-0.1, -0.05) is 23.4 Å². The molecule has 1 unspecified atom stereocenters. The molecule has 31 heavy (non-hydrogen) atoms. The second-order valence-electron chi connectivity index (χ2n) is 6.80. The molecule has 4 heterocycles. The Morgan fingerprint density at radius 2 is 1.97 bits per heavy atom. The fourth-order valence-corrected chi connectivity index (χ4v) is 5.70. The van der Waals surface area contributed by atoms with Crippen LogP contribution in [0.1, 0.15) is 6.23 Å². The number of hydrogen-bond acceptors (Lipinski definition) is 10. The minimum Gasteiger partial charge on any atom is -0.394 e. The topological polar surface area (TPSA) is 175 Å². The van der Waals surface area contributed by atoms with E-state index in [0.717, 1.165) is 4.90 Å². The molecule has 2 aliphatic heterocycles. The van der Waals surface area contributed by atoms with Crippen molar-refractivity contribution in [2.45, 2.75) is 34.6 Å². The van der Waals surface area contributed by atoms with Gasteiger partial charge in [0.05, 0.1) is 6.61 Å². The molecule has 5 atom stereocenters. The van der Waals surface area contributed by atoms with Crippen LogP contribution in [-0.2, 0) is 18.3 Å². The lowest BCUT2D eigenvalue weighted by Gasteiger charge is -2.20. The number of halogens is 1. The summed E-state index contributed by atoms with van der Waals surface area (Å²) in [6.07, 6.45) is -4.07. The molecule has 2 saturated heterocycles. The summed E-state index contributed by atoms with van der Waals surface area (Å²) in [5.74, 6) is -0.147. The normalized spacial score (nSPS) is 30.2. The van der Waals surface area contributed by atoms with E-state index < -0.39 is 44.5 Å². The first-order chi connectivity index (χ1) is 14.8. The minimum atomic E-state index is -4.34. The summed E-state index contributed by atoms with van der Waals surface area (Å²) in [4.78, 5) is 33.9. The molecule has 3 aromatic rings. The molecule has 5 N–H and O–H groups in total. The number of nitrogens with zero attached hydrogens (tertiary/aromatic N) is 3. The number of nitrogen functional groups attached to an aromatic ring is 1. The molecule has 164 valence electrons. The van der Waals surface area contributed by atoms with Crippen LogP contribution in [0.4, 0.5) is 5.95 Å². The lowest BCUT2D eigenvalue weighted by molar-refractivity contribution is -0.0623. The summed E-state index contributed by atoms with van der Waals surface area (Å²) in [6.45, 7) is -0.483. The molecule has 2 aliphatic rings. The van der Waals surface area contributed by atoms with E-state index in [1.807, 2.05) is 0 Å². The molecule has 0 amide bonds. The Balaban J connectivity index is 1.66. The van der Waals surface area contributed by atoms with E-state index in [9.17, 15) is 19.4 Å². The number of phosphoric acid groups is 1. The highest BCUT2D eigenvalue weighted by molar-refractivity contribution is 7.99. The van der Waals surface area contributed by atoms with Crippen molar-refractivity contribution in [1.29, 1.82) is 0 Å². The van der Waals surface area contributed by atoms with Crippen LogP contribution in [0.2, 0.25) is 5.02 Å². The Bertz CT molecular complexity index is 1270. The van der Waals surface area contributed by atoms with Crippen LogP contribution in [0, 0.1) is 0 Å². The summed E-state index contributed by atoms with van der Waals surface area (Å²) < 4.78 is 29.6. The molecule has 2 aromatic heterocycles. The predicted molar refractivity (Wildman–Crippen MR) is 109 cm³/mol. The number of aromatic amines is 1.